The third-order valence-corrected chi connectivity index (χ3v) is 2.07. The number of nitrogens with one attached hydrogen (secondary N) is 1. The Kier molecular flexibility index (Phi) is 1.63. The Labute approximate surface area is 48.2 Å². The van der Waals surface area contributed by atoms with Gasteiger partial charge in [0.2, 0.25) is 0 Å². The van der Waals surface area contributed by atoms with Crippen LogP contribution in [0.4, 0.5) is 0 Å². The smallest absolute Gasteiger partial charge is 0.0638 e. The summed E-state index contributed by atoms with van der Waals surface area (Å²) in [5.74, 6) is 1.26. The molecule has 0 bridgehead atoms. The Morgan fingerprint density at radius 2 is 2.71 bits per heavy atom. The maximum absolute atomic E-state index is 3.09. The lowest BCUT2D eigenvalue weighted by Gasteiger charge is -1.93. The average molecular weight is 115 g/mol. The second kappa shape index (κ2) is 2.26. The molecule has 1 rings (SSSR count). The van der Waals surface area contributed by atoms with Gasteiger partial charge in [-0.2, -0.15) is 0 Å². The van der Waals surface area contributed by atoms with Gasteiger partial charge in [-0.1, -0.05) is 6.08 Å². The van der Waals surface area contributed by atoms with E-state index in [0.29, 0.717) is 0 Å². The molecule has 1 nitrogen and oxygen atoms in total. The SMILES string of the molecule is CNC1=CCCS1. The molecule has 0 saturated carbocycles. The molecule has 40 valence electrons. The van der Waals surface area contributed by atoms with Gasteiger partial charge < -0.3 is 5.32 Å². The molecule has 0 aliphatic carbocycles. The van der Waals surface area contributed by atoms with Crippen LogP contribution in [0.2, 0.25) is 0 Å². The molecule has 0 atom stereocenters. The molecule has 0 aromatic carbocycles. The molecule has 0 radical (unpaired) electrons. The quantitative estimate of drug-likeness (QED) is 0.551. The van der Waals surface area contributed by atoms with Gasteiger partial charge in [-0.15, -0.1) is 11.8 Å². The number of rotatable bonds is 1. The van der Waals surface area contributed by atoms with Crippen LogP contribution in [0.15, 0.2) is 11.1 Å². The van der Waals surface area contributed by atoms with Gasteiger partial charge in [0, 0.05) is 12.8 Å². The van der Waals surface area contributed by atoms with Crippen molar-refractivity contribution in [2.24, 2.45) is 0 Å². The maximum Gasteiger partial charge on any atom is 0.0638 e. The normalized spacial score (nSPS) is 19.3. The first kappa shape index (κ1) is 5.04. The summed E-state index contributed by atoms with van der Waals surface area (Å²) < 4.78 is 0. The van der Waals surface area contributed by atoms with E-state index >= 15 is 0 Å². The van der Waals surface area contributed by atoms with Crippen molar-refractivity contribution in [2.75, 3.05) is 12.8 Å². The molecular formula is C5H9NS. The molecule has 1 N–H and O–H groups in total. The predicted molar refractivity (Wildman–Crippen MR) is 34.2 cm³/mol. The minimum absolute atomic E-state index is 1.24. The van der Waals surface area contributed by atoms with E-state index in [-0.39, 0.29) is 0 Å². The van der Waals surface area contributed by atoms with E-state index in [0.717, 1.165) is 0 Å². The van der Waals surface area contributed by atoms with Gasteiger partial charge in [0.05, 0.1) is 5.03 Å². The highest BCUT2D eigenvalue weighted by atomic mass is 32.2. The van der Waals surface area contributed by atoms with E-state index in [4.69, 9.17) is 0 Å². The number of hydrogen-bond acceptors (Lipinski definition) is 2. The van der Waals surface area contributed by atoms with Crippen LogP contribution in [-0.2, 0) is 0 Å². The van der Waals surface area contributed by atoms with Crippen molar-refractivity contribution < 1.29 is 0 Å². The molecule has 0 aromatic rings. The molecule has 2 heteroatoms. The van der Waals surface area contributed by atoms with Gasteiger partial charge in [-0.05, 0) is 6.42 Å². The van der Waals surface area contributed by atoms with E-state index in [1.165, 1.54) is 17.2 Å². The van der Waals surface area contributed by atoms with E-state index in [1.807, 2.05) is 18.8 Å². The molecule has 0 saturated heterocycles. The number of thioether (sulfide) groups is 1. The van der Waals surface area contributed by atoms with Crippen LogP contribution < -0.4 is 5.32 Å². The van der Waals surface area contributed by atoms with Crippen LogP contribution in [0.5, 0.6) is 0 Å². The number of hydrogen-bond donors (Lipinski definition) is 1. The van der Waals surface area contributed by atoms with Crippen molar-refractivity contribution >= 4 is 11.8 Å². The zero-order valence-corrected chi connectivity index (χ0v) is 5.22. The summed E-state index contributed by atoms with van der Waals surface area (Å²) in [6.45, 7) is 0. The van der Waals surface area contributed by atoms with Gasteiger partial charge in [0.1, 0.15) is 0 Å². The maximum atomic E-state index is 3.09. The molecule has 1 aliphatic heterocycles. The molecule has 0 spiro atoms. The summed E-state index contributed by atoms with van der Waals surface area (Å²) in [6, 6.07) is 0. The van der Waals surface area contributed by atoms with E-state index in [2.05, 4.69) is 11.4 Å². The van der Waals surface area contributed by atoms with Crippen LogP contribution in [0.1, 0.15) is 6.42 Å². The van der Waals surface area contributed by atoms with Gasteiger partial charge in [-0.3, -0.25) is 0 Å². The van der Waals surface area contributed by atoms with Crippen molar-refractivity contribution in [3.8, 4) is 0 Å². The fourth-order valence-electron chi connectivity index (χ4n) is 0.592. The van der Waals surface area contributed by atoms with E-state index < -0.39 is 0 Å². The van der Waals surface area contributed by atoms with Crippen LogP contribution >= 0.6 is 11.8 Å². The molecule has 1 aliphatic rings. The third kappa shape index (κ3) is 1.13. The molecule has 0 amide bonds. The van der Waals surface area contributed by atoms with E-state index in [1.54, 1.807) is 0 Å². The van der Waals surface area contributed by atoms with E-state index in [9.17, 15) is 0 Å². The Hall–Kier alpha value is -0.110. The van der Waals surface area contributed by atoms with Gasteiger partial charge in [-0.25, -0.2) is 0 Å². The Morgan fingerprint density at radius 1 is 1.86 bits per heavy atom. The van der Waals surface area contributed by atoms with Crippen LogP contribution in [0.25, 0.3) is 0 Å². The fourth-order valence-corrected chi connectivity index (χ4v) is 1.43. The van der Waals surface area contributed by atoms with Crippen LogP contribution in [0.3, 0.4) is 0 Å². The predicted octanol–water partition coefficient (Wildman–Crippen LogP) is 1.18. The highest BCUT2D eigenvalue weighted by Crippen LogP contribution is 2.20. The molecular weight excluding hydrogens is 106 g/mol. The van der Waals surface area contributed by atoms with Crippen LogP contribution in [0, 0.1) is 0 Å². The lowest BCUT2D eigenvalue weighted by atomic mass is 10.5. The van der Waals surface area contributed by atoms with Gasteiger partial charge in [0.15, 0.2) is 0 Å². The largest absolute Gasteiger partial charge is 0.383 e. The minimum Gasteiger partial charge on any atom is -0.383 e. The lowest BCUT2D eigenvalue weighted by Crippen LogP contribution is -1.98. The summed E-state index contributed by atoms with van der Waals surface area (Å²) in [6.07, 6.45) is 3.46. The fraction of sp³-hybridized carbons (Fsp3) is 0.600. The molecule has 7 heavy (non-hydrogen) atoms. The Balaban J connectivity index is 2.36. The first-order valence-electron chi connectivity index (χ1n) is 2.44. The second-order valence-corrected chi connectivity index (χ2v) is 2.59. The van der Waals surface area contributed by atoms with Crippen LogP contribution in [-0.4, -0.2) is 12.8 Å². The van der Waals surface area contributed by atoms with Crippen molar-refractivity contribution in [1.29, 1.82) is 0 Å². The monoisotopic (exact) mass is 115 g/mol. The highest BCUT2D eigenvalue weighted by Gasteiger charge is 1.99. The highest BCUT2D eigenvalue weighted by molar-refractivity contribution is 8.03. The first-order chi connectivity index (χ1) is 3.43. The van der Waals surface area contributed by atoms with Crippen molar-refractivity contribution in [3.63, 3.8) is 0 Å². The molecule has 1 heterocycles. The van der Waals surface area contributed by atoms with Crippen molar-refractivity contribution in [1.82, 2.24) is 5.32 Å². The average Bonchev–Trinajstić information content (AvgIpc) is 2.14. The standard InChI is InChI=1S/C5H9NS/c1-6-5-3-2-4-7-5/h3,6H,2,4H2,1H3. The summed E-state index contributed by atoms with van der Waals surface area (Å²) in [7, 11) is 1.96. The third-order valence-electron chi connectivity index (χ3n) is 0.952. The molecule has 0 aromatic heterocycles. The Bertz CT molecular complexity index is 88.1. The van der Waals surface area contributed by atoms with Crippen molar-refractivity contribution in [3.05, 3.63) is 11.1 Å². The number of allylic oxidation sites excluding steroid dienone is 1. The summed E-state index contributed by atoms with van der Waals surface area (Å²) in [4.78, 5) is 0. The summed E-state index contributed by atoms with van der Waals surface area (Å²) in [5, 5.41) is 4.42. The Morgan fingerprint density at radius 3 is 3.00 bits per heavy atom. The summed E-state index contributed by atoms with van der Waals surface area (Å²) in [5.41, 5.74) is 0. The van der Waals surface area contributed by atoms with Gasteiger partial charge >= 0.3 is 0 Å². The molecule has 0 unspecified atom stereocenters. The molecule has 0 fully saturated rings. The first-order valence-corrected chi connectivity index (χ1v) is 3.43. The topological polar surface area (TPSA) is 12.0 Å². The zero-order chi connectivity index (χ0) is 5.11. The zero-order valence-electron chi connectivity index (χ0n) is 4.40. The second-order valence-electron chi connectivity index (χ2n) is 1.46. The van der Waals surface area contributed by atoms with Gasteiger partial charge in [0.25, 0.3) is 0 Å². The van der Waals surface area contributed by atoms with Crippen molar-refractivity contribution in [2.45, 2.75) is 6.42 Å². The minimum atomic E-state index is 1.24. The summed E-state index contributed by atoms with van der Waals surface area (Å²) >= 11 is 1.89. The lowest BCUT2D eigenvalue weighted by molar-refractivity contribution is 1.07.